The van der Waals surface area contributed by atoms with Crippen LogP contribution in [0.5, 0.6) is 5.75 Å². The van der Waals surface area contributed by atoms with Crippen LogP contribution in [0.1, 0.15) is 15.9 Å². The van der Waals surface area contributed by atoms with E-state index in [-0.39, 0.29) is 21.5 Å². The summed E-state index contributed by atoms with van der Waals surface area (Å²) in [6, 6.07) is 21.6. The van der Waals surface area contributed by atoms with Crippen LogP contribution in [0.25, 0.3) is 10.8 Å². The zero-order chi connectivity index (χ0) is 25.7. The lowest BCUT2D eigenvalue weighted by Gasteiger charge is -2.11. The smallest absolute Gasteiger partial charge is 0.343 e. The molecule has 0 unspecified atom stereocenters. The Morgan fingerprint density at radius 3 is 2.33 bits per heavy atom. The zero-order valence-corrected chi connectivity index (χ0v) is 20.6. The molecule has 4 aromatic carbocycles. The van der Waals surface area contributed by atoms with Crippen LogP contribution in [0.15, 0.2) is 84.0 Å². The van der Waals surface area contributed by atoms with Crippen molar-refractivity contribution in [1.29, 1.82) is 0 Å². The number of benzene rings is 4. The number of nitrogens with one attached hydrogen (secondary N) is 2. The summed E-state index contributed by atoms with van der Waals surface area (Å²) in [7, 11) is 0. The molecule has 4 rings (SSSR count). The molecular weight excluding hydrogens is 525 g/mol. The van der Waals surface area contributed by atoms with E-state index in [0.717, 1.165) is 5.39 Å². The molecule has 0 saturated heterocycles. The second kappa shape index (κ2) is 11.2. The van der Waals surface area contributed by atoms with Crippen LogP contribution >= 0.6 is 34.8 Å². The molecule has 0 bridgehead atoms. The molecule has 10 heteroatoms. The van der Waals surface area contributed by atoms with Gasteiger partial charge < -0.3 is 10.1 Å². The number of hydrazone groups is 1. The maximum atomic E-state index is 12.7. The highest BCUT2D eigenvalue weighted by atomic mass is 35.5. The van der Waals surface area contributed by atoms with Crippen molar-refractivity contribution in [3.8, 4) is 5.75 Å². The number of esters is 1. The van der Waals surface area contributed by atoms with Gasteiger partial charge >= 0.3 is 17.8 Å². The first-order valence-electron chi connectivity index (χ1n) is 10.4. The Morgan fingerprint density at radius 2 is 1.56 bits per heavy atom. The topological polar surface area (TPSA) is 96.9 Å². The Bertz CT molecular complexity index is 1500. The predicted octanol–water partition coefficient (Wildman–Crippen LogP) is 6.11. The third-order valence-corrected chi connectivity index (χ3v) is 6.05. The van der Waals surface area contributed by atoms with Gasteiger partial charge in [0.15, 0.2) is 0 Å². The monoisotopic (exact) mass is 539 g/mol. The van der Waals surface area contributed by atoms with E-state index < -0.39 is 17.8 Å². The van der Waals surface area contributed by atoms with Crippen LogP contribution in [-0.4, -0.2) is 24.0 Å². The SMILES string of the molecule is O=C(NN=Cc1c(OC(=O)c2ccc(Cl)cc2)ccc2ccccc12)C(=O)Nc1cccc(Cl)c1Cl. The standard InChI is InChI=1S/C26H16Cl3N3O4/c27-17-11-8-16(9-12-17)26(35)36-22-13-10-15-4-1-2-5-18(15)19(22)14-30-32-25(34)24(33)31-21-7-3-6-20(28)23(21)29/h1-14H,(H,31,33)(H,32,34). The number of anilines is 1. The summed E-state index contributed by atoms with van der Waals surface area (Å²) in [6.07, 6.45) is 1.30. The van der Waals surface area contributed by atoms with Crippen LogP contribution in [0, 0.1) is 0 Å². The first-order chi connectivity index (χ1) is 17.3. The number of nitrogens with zero attached hydrogens (tertiary/aromatic N) is 1. The van der Waals surface area contributed by atoms with E-state index in [1.54, 1.807) is 48.5 Å². The van der Waals surface area contributed by atoms with Crippen molar-refractivity contribution in [1.82, 2.24) is 5.43 Å². The fourth-order valence-electron chi connectivity index (χ4n) is 3.23. The van der Waals surface area contributed by atoms with Gasteiger partial charge in [-0.1, -0.05) is 71.2 Å². The number of carbonyl (C=O) groups excluding carboxylic acids is 3. The molecule has 180 valence electrons. The molecule has 0 aromatic heterocycles. The zero-order valence-electron chi connectivity index (χ0n) is 18.3. The van der Waals surface area contributed by atoms with Crippen LogP contribution in [0.4, 0.5) is 5.69 Å². The highest BCUT2D eigenvalue weighted by molar-refractivity contribution is 6.45. The molecule has 0 atom stereocenters. The van der Waals surface area contributed by atoms with E-state index >= 15 is 0 Å². The van der Waals surface area contributed by atoms with Gasteiger partial charge in [-0.2, -0.15) is 5.10 Å². The molecule has 0 spiro atoms. The van der Waals surface area contributed by atoms with Gasteiger partial charge in [-0.15, -0.1) is 0 Å². The lowest BCUT2D eigenvalue weighted by Crippen LogP contribution is -2.32. The van der Waals surface area contributed by atoms with Crippen molar-refractivity contribution >= 4 is 75.3 Å². The normalized spacial score (nSPS) is 10.9. The van der Waals surface area contributed by atoms with E-state index in [9.17, 15) is 14.4 Å². The number of halogens is 3. The molecule has 0 aliphatic carbocycles. The van der Waals surface area contributed by atoms with E-state index in [4.69, 9.17) is 39.5 Å². The molecule has 0 fully saturated rings. The van der Waals surface area contributed by atoms with Gasteiger partial charge in [-0.3, -0.25) is 9.59 Å². The fraction of sp³-hybridized carbons (Fsp3) is 0. The third kappa shape index (κ3) is 5.83. The second-order valence-corrected chi connectivity index (χ2v) is 8.57. The van der Waals surface area contributed by atoms with Crippen LogP contribution in [0.3, 0.4) is 0 Å². The van der Waals surface area contributed by atoms with Crippen molar-refractivity contribution in [2.75, 3.05) is 5.32 Å². The Kier molecular flexibility index (Phi) is 7.85. The molecule has 0 saturated carbocycles. The molecular formula is C26H16Cl3N3O4. The third-order valence-electron chi connectivity index (χ3n) is 4.98. The maximum Gasteiger partial charge on any atom is 0.343 e. The van der Waals surface area contributed by atoms with Crippen LogP contribution in [-0.2, 0) is 9.59 Å². The lowest BCUT2D eigenvalue weighted by molar-refractivity contribution is -0.136. The molecule has 7 nitrogen and oxygen atoms in total. The highest BCUT2D eigenvalue weighted by Crippen LogP contribution is 2.30. The van der Waals surface area contributed by atoms with Crippen LogP contribution < -0.4 is 15.5 Å². The van der Waals surface area contributed by atoms with E-state index in [1.165, 1.54) is 12.3 Å². The summed E-state index contributed by atoms with van der Waals surface area (Å²) < 4.78 is 5.60. The summed E-state index contributed by atoms with van der Waals surface area (Å²) in [4.78, 5) is 37.2. The predicted molar refractivity (Wildman–Crippen MR) is 141 cm³/mol. The highest BCUT2D eigenvalue weighted by Gasteiger charge is 2.17. The van der Waals surface area contributed by atoms with Crippen molar-refractivity contribution in [2.45, 2.75) is 0 Å². The van der Waals surface area contributed by atoms with Crippen molar-refractivity contribution < 1.29 is 19.1 Å². The number of hydrogen-bond donors (Lipinski definition) is 2. The molecule has 0 aliphatic rings. The van der Waals surface area contributed by atoms with Gasteiger partial charge in [0.05, 0.1) is 27.5 Å². The largest absolute Gasteiger partial charge is 0.422 e. The van der Waals surface area contributed by atoms with Gasteiger partial charge in [0.2, 0.25) is 0 Å². The molecule has 2 N–H and O–H groups in total. The van der Waals surface area contributed by atoms with E-state index in [0.29, 0.717) is 21.5 Å². The minimum Gasteiger partial charge on any atom is -0.422 e. The second-order valence-electron chi connectivity index (χ2n) is 7.35. The number of fused-ring (bicyclic) bond motifs is 1. The average molecular weight is 541 g/mol. The van der Waals surface area contributed by atoms with Gasteiger partial charge in [0.1, 0.15) is 5.75 Å². The Morgan fingerprint density at radius 1 is 0.806 bits per heavy atom. The van der Waals surface area contributed by atoms with Crippen molar-refractivity contribution in [3.63, 3.8) is 0 Å². The van der Waals surface area contributed by atoms with Crippen molar-refractivity contribution in [2.24, 2.45) is 5.10 Å². The van der Waals surface area contributed by atoms with Gasteiger partial charge in [0.25, 0.3) is 0 Å². The lowest BCUT2D eigenvalue weighted by atomic mass is 10.0. The minimum absolute atomic E-state index is 0.103. The van der Waals surface area contributed by atoms with Gasteiger partial charge in [0, 0.05) is 10.6 Å². The molecule has 2 amide bonds. The molecule has 0 aliphatic heterocycles. The van der Waals surface area contributed by atoms with E-state index in [2.05, 4.69) is 15.8 Å². The quantitative estimate of drug-likeness (QED) is 0.105. The summed E-state index contributed by atoms with van der Waals surface area (Å²) in [6.45, 7) is 0. The number of hydrogen-bond acceptors (Lipinski definition) is 5. The number of rotatable bonds is 5. The van der Waals surface area contributed by atoms with E-state index in [1.807, 2.05) is 24.3 Å². The van der Waals surface area contributed by atoms with Crippen molar-refractivity contribution in [3.05, 3.63) is 105 Å². The average Bonchev–Trinajstić information content (AvgIpc) is 2.88. The Hall–Kier alpha value is -3.91. The molecule has 4 aromatic rings. The molecule has 0 radical (unpaired) electrons. The number of amides is 2. The number of carbonyl (C=O) groups is 3. The summed E-state index contributed by atoms with van der Waals surface area (Å²) in [5.74, 6) is -2.42. The fourth-order valence-corrected chi connectivity index (χ4v) is 3.70. The first-order valence-corrected chi connectivity index (χ1v) is 11.5. The molecule has 36 heavy (non-hydrogen) atoms. The maximum absolute atomic E-state index is 12.7. The first kappa shape index (κ1) is 25.2. The minimum atomic E-state index is -1.04. The number of ether oxygens (including phenoxy) is 1. The molecule has 0 heterocycles. The Balaban J connectivity index is 1.54. The summed E-state index contributed by atoms with van der Waals surface area (Å²) in [5.41, 5.74) is 3.07. The summed E-state index contributed by atoms with van der Waals surface area (Å²) >= 11 is 17.8. The van der Waals surface area contributed by atoms with Gasteiger partial charge in [-0.25, -0.2) is 10.2 Å². The Labute approximate surface area is 220 Å². The summed E-state index contributed by atoms with van der Waals surface area (Å²) in [5, 5.41) is 8.65. The van der Waals surface area contributed by atoms with Crippen LogP contribution in [0.2, 0.25) is 15.1 Å². The van der Waals surface area contributed by atoms with Gasteiger partial charge in [-0.05, 0) is 53.2 Å².